The van der Waals surface area contributed by atoms with Crippen molar-refractivity contribution in [1.82, 2.24) is 20.7 Å². The lowest BCUT2D eigenvalue weighted by Gasteiger charge is -2.19. The molecule has 2 amide bonds. The highest BCUT2D eigenvalue weighted by molar-refractivity contribution is 6.06. The molecule has 1 atom stereocenters. The smallest absolute Gasteiger partial charge is 0.267 e. The number of fused-ring (bicyclic) bond motifs is 1. The summed E-state index contributed by atoms with van der Waals surface area (Å²) in [5.41, 5.74) is 7.98. The molecular weight excluding hydrogens is 340 g/mol. The molecule has 3 N–H and O–H groups in total. The molecule has 6 heteroatoms. The fourth-order valence-electron chi connectivity index (χ4n) is 3.19. The number of hydrogen-bond acceptors (Lipinski definition) is 3. The van der Waals surface area contributed by atoms with Crippen LogP contribution in [0.4, 0.5) is 0 Å². The molecule has 1 saturated carbocycles. The van der Waals surface area contributed by atoms with Crippen LogP contribution in [0.25, 0.3) is 10.9 Å². The van der Waals surface area contributed by atoms with E-state index in [0.29, 0.717) is 5.56 Å². The SMILES string of the molecule is Cn1cc(C(=O)NN[C@@H](C(=O)NC2CC2)c2ccccc2)c2ccccc21. The lowest BCUT2D eigenvalue weighted by atomic mass is 10.1. The standard InChI is InChI=1S/C21H22N4O2/c1-25-13-17(16-9-5-6-10-18(16)25)20(26)24-23-19(14-7-3-2-4-8-14)21(27)22-15-11-12-15/h2-10,13,15,19,23H,11-12H2,1H3,(H,22,27)(H,24,26)/t19-/m1/s1. The molecule has 1 aliphatic carbocycles. The average molecular weight is 362 g/mol. The Morgan fingerprint density at radius 2 is 1.74 bits per heavy atom. The molecule has 0 radical (unpaired) electrons. The maximum absolute atomic E-state index is 12.7. The van der Waals surface area contributed by atoms with Gasteiger partial charge in [0.2, 0.25) is 5.91 Å². The summed E-state index contributed by atoms with van der Waals surface area (Å²) in [5, 5.41) is 3.87. The summed E-state index contributed by atoms with van der Waals surface area (Å²) >= 11 is 0. The molecule has 1 heterocycles. The van der Waals surface area contributed by atoms with Crippen molar-refractivity contribution in [1.29, 1.82) is 0 Å². The highest BCUT2D eigenvalue weighted by Gasteiger charge is 2.28. The van der Waals surface area contributed by atoms with Crippen LogP contribution in [0.3, 0.4) is 0 Å². The van der Waals surface area contributed by atoms with Crippen LogP contribution in [-0.4, -0.2) is 22.4 Å². The maximum atomic E-state index is 12.7. The molecule has 27 heavy (non-hydrogen) atoms. The van der Waals surface area contributed by atoms with E-state index in [4.69, 9.17) is 0 Å². The first-order chi connectivity index (χ1) is 13.1. The maximum Gasteiger partial charge on any atom is 0.267 e. The first kappa shape index (κ1) is 17.3. The molecule has 1 aromatic heterocycles. The fraction of sp³-hybridized carbons (Fsp3) is 0.238. The van der Waals surface area contributed by atoms with E-state index >= 15 is 0 Å². The number of aromatic nitrogens is 1. The van der Waals surface area contributed by atoms with Crippen LogP contribution < -0.4 is 16.2 Å². The molecule has 1 fully saturated rings. The number of benzene rings is 2. The molecule has 0 bridgehead atoms. The Morgan fingerprint density at radius 3 is 2.48 bits per heavy atom. The minimum absolute atomic E-state index is 0.137. The number of hydrazine groups is 1. The molecule has 2 aromatic carbocycles. The number of aryl methyl sites for hydroxylation is 1. The van der Waals surface area contributed by atoms with Crippen LogP contribution in [-0.2, 0) is 11.8 Å². The van der Waals surface area contributed by atoms with E-state index in [1.807, 2.05) is 66.2 Å². The second-order valence-electron chi connectivity index (χ2n) is 6.90. The van der Waals surface area contributed by atoms with Crippen LogP contribution in [0, 0.1) is 0 Å². The molecule has 0 unspecified atom stereocenters. The minimum Gasteiger partial charge on any atom is -0.352 e. The first-order valence-corrected chi connectivity index (χ1v) is 9.09. The summed E-state index contributed by atoms with van der Waals surface area (Å²) in [7, 11) is 1.91. The van der Waals surface area contributed by atoms with Gasteiger partial charge in [0.25, 0.3) is 5.91 Å². The van der Waals surface area contributed by atoms with Gasteiger partial charge in [0.1, 0.15) is 6.04 Å². The molecule has 3 aromatic rings. The van der Waals surface area contributed by atoms with Crippen LogP contribution >= 0.6 is 0 Å². The first-order valence-electron chi connectivity index (χ1n) is 9.09. The van der Waals surface area contributed by atoms with Crippen molar-refractivity contribution in [2.24, 2.45) is 7.05 Å². The normalized spacial score (nSPS) is 14.7. The van der Waals surface area contributed by atoms with Crippen molar-refractivity contribution >= 4 is 22.7 Å². The summed E-state index contributed by atoms with van der Waals surface area (Å²) in [6, 6.07) is 16.7. The fourth-order valence-corrected chi connectivity index (χ4v) is 3.19. The monoisotopic (exact) mass is 362 g/mol. The zero-order valence-electron chi connectivity index (χ0n) is 15.1. The summed E-state index contributed by atoms with van der Waals surface area (Å²) in [6.07, 6.45) is 3.81. The van der Waals surface area contributed by atoms with Gasteiger partial charge in [0.15, 0.2) is 0 Å². The quantitative estimate of drug-likeness (QED) is 0.590. The van der Waals surface area contributed by atoms with Gasteiger partial charge in [-0.2, -0.15) is 0 Å². The van der Waals surface area contributed by atoms with Gasteiger partial charge >= 0.3 is 0 Å². The molecule has 4 rings (SSSR count). The summed E-state index contributed by atoms with van der Waals surface area (Å²) in [5.74, 6) is -0.408. The zero-order valence-corrected chi connectivity index (χ0v) is 15.1. The Labute approximate surface area is 157 Å². The van der Waals surface area contributed by atoms with Gasteiger partial charge in [-0.1, -0.05) is 48.5 Å². The number of hydrogen-bond donors (Lipinski definition) is 3. The zero-order chi connectivity index (χ0) is 18.8. The second kappa shape index (κ2) is 7.25. The molecule has 1 aliphatic rings. The summed E-state index contributed by atoms with van der Waals surface area (Å²) < 4.78 is 1.92. The van der Waals surface area contributed by atoms with Gasteiger partial charge in [0, 0.05) is 30.2 Å². The van der Waals surface area contributed by atoms with Gasteiger partial charge in [-0.05, 0) is 24.5 Å². The number of nitrogens with zero attached hydrogens (tertiary/aromatic N) is 1. The molecule has 6 nitrogen and oxygen atoms in total. The van der Waals surface area contributed by atoms with Gasteiger partial charge in [-0.3, -0.25) is 15.0 Å². The molecule has 0 aliphatic heterocycles. The van der Waals surface area contributed by atoms with E-state index in [9.17, 15) is 9.59 Å². The highest BCUT2D eigenvalue weighted by Crippen LogP contribution is 2.22. The topological polar surface area (TPSA) is 75.2 Å². The van der Waals surface area contributed by atoms with E-state index in [-0.39, 0.29) is 17.9 Å². The van der Waals surface area contributed by atoms with Crippen molar-refractivity contribution in [3.8, 4) is 0 Å². The van der Waals surface area contributed by atoms with E-state index in [1.165, 1.54) is 0 Å². The minimum atomic E-state index is -0.647. The van der Waals surface area contributed by atoms with Gasteiger partial charge < -0.3 is 9.88 Å². The molecule has 0 spiro atoms. The third-order valence-corrected chi connectivity index (χ3v) is 4.79. The van der Waals surface area contributed by atoms with E-state index in [2.05, 4.69) is 16.2 Å². The Bertz CT molecular complexity index is 976. The highest BCUT2D eigenvalue weighted by atomic mass is 16.2. The van der Waals surface area contributed by atoms with Crippen molar-refractivity contribution in [3.05, 3.63) is 71.9 Å². The third-order valence-electron chi connectivity index (χ3n) is 4.79. The number of carbonyl (C=O) groups excluding carboxylic acids is 2. The van der Waals surface area contributed by atoms with E-state index in [1.54, 1.807) is 6.20 Å². The van der Waals surface area contributed by atoms with Crippen molar-refractivity contribution in [3.63, 3.8) is 0 Å². The number of rotatable bonds is 6. The lowest BCUT2D eigenvalue weighted by Crippen LogP contribution is -2.46. The molecular formula is C21H22N4O2. The van der Waals surface area contributed by atoms with E-state index in [0.717, 1.165) is 29.3 Å². The lowest BCUT2D eigenvalue weighted by molar-refractivity contribution is -0.123. The van der Waals surface area contributed by atoms with Crippen LogP contribution in [0.1, 0.15) is 34.8 Å². The van der Waals surface area contributed by atoms with Gasteiger partial charge in [-0.25, -0.2) is 5.43 Å². The molecule has 138 valence electrons. The Morgan fingerprint density at radius 1 is 1.04 bits per heavy atom. The number of para-hydroxylation sites is 1. The van der Waals surface area contributed by atoms with Crippen LogP contribution in [0.2, 0.25) is 0 Å². The average Bonchev–Trinajstić information content (AvgIpc) is 3.44. The van der Waals surface area contributed by atoms with Crippen LogP contribution in [0.5, 0.6) is 0 Å². The van der Waals surface area contributed by atoms with Crippen molar-refractivity contribution in [2.45, 2.75) is 24.9 Å². The number of carbonyl (C=O) groups is 2. The third kappa shape index (κ3) is 3.71. The second-order valence-corrected chi connectivity index (χ2v) is 6.90. The molecule has 0 saturated heterocycles. The van der Waals surface area contributed by atoms with Crippen molar-refractivity contribution < 1.29 is 9.59 Å². The Balaban J connectivity index is 1.52. The predicted molar refractivity (Wildman–Crippen MR) is 104 cm³/mol. The van der Waals surface area contributed by atoms with E-state index < -0.39 is 6.04 Å². The Hall–Kier alpha value is -3.12. The summed E-state index contributed by atoms with van der Waals surface area (Å²) in [4.78, 5) is 25.4. The van der Waals surface area contributed by atoms with Gasteiger partial charge in [-0.15, -0.1) is 0 Å². The Kier molecular flexibility index (Phi) is 4.64. The summed E-state index contributed by atoms with van der Waals surface area (Å²) in [6.45, 7) is 0. The largest absolute Gasteiger partial charge is 0.352 e. The van der Waals surface area contributed by atoms with Crippen LogP contribution in [0.15, 0.2) is 60.8 Å². The van der Waals surface area contributed by atoms with Gasteiger partial charge in [0.05, 0.1) is 5.56 Å². The number of amides is 2. The van der Waals surface area contributed by atoms with Crippen molar-refractivity contribution in [2.75, 3.05) is 0 Å². The number of nitrogens with one attached hydrogen (secondary N) is 3. The predicted octanol–water partition coefficient (Wildman–Crippen LogP) is 2.43.